The minimum absolute atomic E-state index is 0.0509. The lowest BCUT2D eigenvalue weighted by Gasteiger charge is -2.01. The lowest BCUT2D eigenvalue weighted by molar-refractivity contribution is 0.159. The highest BCUT2D eigenvalue weighted by Crippen LogP contribution is 1.99. The molecular formula is C18H45ClO3Si. The van der Waals surface area contributed by atoms with Crippen LogP contribution in [0.4, 0.5) is 0 Å². The summed E-state index contributed by atoms with van der Waals surface area (Å²) >= 11 is 4.78. The van der Waals surface area contributed by atoms with Crippen molar-refractivity contribution in [3.8, 4) is 0 Å². The third-order valence-electron chi connectivity index (χ3n) is 3.28. The minimum Gasteiger partial charge on any atom is -0.393 e. The van der Waals surface area contributed by atoms with E-state index in [1.807, 2.05) is 20.8 Å². The van der Waals surface area contributed by atoms with E-state index in [1.54, 1.807) is 0 Å². The molecule has 0 amide bonds. The summed E-state index contributed by atoms with van der Waals surface area (Å²) in [6, 6.07) is 0. The zero-order valence-corrected chi connectivity index (χ0v) is 19.6. The summed E-state index contributed by atoms with van der Waals surface area (Å²) in [5, 5.41) is 26.6. The summed E-state index contributed by atoms with van der Waals surface area (Å²) in [6.45, 7) is 12.2. The molecule has 0 saturated heterocycles. The Labute approximate surface area is 154 Å². The number of rotatable bonds is 9. The number of aliphatic hydroxyl groups excluding tert-OH is 3. The molecule has 3 N–H and O–H groups in total. The first-order valence-corrected chi connectivity index (χ1v) is 12.4. The molecule has 0 aromatic carbocycles. The highest BCUT2D eigenvalue weighted by molar-refractivity contribution is 6.80. The highest BCUT2D eigenvalue weighted by atomic mass is 35.6. The topological polar surface area (TPSA) is 60.7 Å². The molecule has 0 radical (unpaired) electrons. The largest absolute Gasteiger partial charge is 0.393 e. The molecule has 0 spiro atoms. The van der Waals surface area contributed by atoms with Gasteiger partial charge in [-0.1, -0.05) is 60.8 Å². The van der Waals surface area contributed by atoms with Crippen molar-refractivity contribution in [3.63, 3.8) is 0 Å². The molecule has 0 aromatic heterocycles. The van der Waals surface area contributed by atoms with Gasteiger partial charge in [0.15, 0.2) is 0 Å². The van der Waals surface area contributed by atoms with Crippen LogP contribution in [0.25, 0.3) is 0 Å². The Balaban J connectivity index is -0.000000111. The second-order valence-electron chi connectivity index (χ2n) is 5.55. The summed E-state index contributed by atoms with van der Waals surface area (Å²) in [5.74, 6) is 0. The van der Waals surface area contributed by atoms with Gasteiger partial charge in [0.1, 0.15) is 9.55 Å². The van der Waals surface area contributed by atoms with E-state index < -0.39 is 0 Å². The van der Waals surface area contributed by atoms with Crippen LogP contribution in [0.3, 0.4) is 0 Å². The lowest BCUT2D eigenvalue weighted by atomic mass is 10.2. The molecule has 0 rings (SSSR count). The van der Waals surface area contributed by atoms with E-state index in [0.717, 1.165) is 67.3 Å². The van der Waals surface area contributed by atoms with Crippen molar-refractivity contribution in [2.75, 3.05) is 0 Å². The van der Waals surface area contributed by atoms with Gasteiger partial charge in [-0.2, -0.15) is 11.1 Å². The quantitative estimate of drug-likeness (QED) is 0.420. The predicted molar refractivity (Wildman–Crippen MR) is 109 cm³/mol. The first-order valence-electron chi connectivity index (χ1n) is 9.34. The summed E-state index contributed by atoms with van der Waals surface area (Å²) in [7, 11) is 0.778. The third kappa shape index (κ3) is 39.3. The fourth-order valence-electron chi connectivity index (χ4n) is 1.61. The zero-order chi connectivity index (χ0) is 19.1. The van der Waals surface area contributed by atoms with Crippen LogP contribution in [0.5, 0.6) is 0 Å². The van der Waals surface area contributed by atoms with Crippen LogP contribution in [-0.4, -0.2) is 43.2 Å². The highest BCUT2D eigenvalue weighted by Gasteiger charge is 1.95. The molecule has 146 valence electrons. The van der Waals surface area contributed by atoms with Crippen molar-refractivity contribution in [3.05, 3.63) is 0 Å². The van der Waals surface area contributed by atoms with Gasteiger partial charge in [0.25, 0.3) is 0 Å². The molecule has 0 aliphatic heterocycles. The first kappa shape index (κ1) is 31.2. The van der Waals surface area contributed by atoms with E-state index in [1.165, 1.54) is 0 Å². The Morgan fingerprint density at radius 3 is 0.783 bits per heavy atom. The van der Waals surface area contributed by atoms with Crippen LogP contribution in [0.2, 0.25) is 0 Å². The van der Waals surface area contributed by atoms with Gasteiger partial charge in [-0.15, -0.1) is 0 Å². The third-order valence-corrected chi connectivity index (χ3v) is 3.28. The fourth-order valence-corrected chi connectivity index (χ4v) is 1.61. The normalized spacial score (nSPS) is 13.3. The number of halogens is 1. The number of hydrogen-bond acceptors (Lipinski definition) is 3. The summed E-state index contributed by atoms with van der Waals surface area (Å²) in [6.07, 6.45) is 8.68. The predicted octanol–water partition coefficient (Wildman–Crippen LogP) is 4.18. The van der Waals surface area contributed by atoms with Crippen molar-refractivity contribution in [2.45, 2.75) is 118 Å². The van der Waals surface area contributed by atoms with E-state index >= 15 is 0 Å². The van der Waals surface area contributed by atoms with Crippen molar-refractivity contribution >= 4 is 20.6 Å². The Bertz CT molecular complexity index is 146. The lowest BCUT2D eigenvalue weighted by Crippen LogP contribution is -2.01. The summed E-state index contributed by atoms with van der Waals surface area (Å²) in [5.41, 5.74) is 0. The van der Waals surface area contributed by atoms with Gasteiger partial charge in [-0.3, -0.25) is 0 Å². The molecule has 3 unspecified atom stereocenters. The van der Waals surface area contributed by atoms with Crippen LogP contribution in [-0.2, 0) is 0 Å². The molecule has 23 heavy (non-hydrogen) atoms. The monoisotopic (exact) mass is 372 g/mol. The van der Waals surface area contributed by atoms with E-state index in [2.05, 4.69) is 20.8 Å². The standard InChI is InChI=1S/3C6H14O.ClH3Si/c3*1-3-5-6(7)4-2;1-2/h3*6-7H,3-5H2,1-2H3;2H3. The average Bonchev–Trinajstić information content (AvgIpc) is 2.58. The second-order valence-corrected chi connectivity index (χ2v) is 5.55. The van der Waals surface area contributed by atoms with Gasteiger partial charge >= 0.3 is 0 Å². The summed E-state index contributed by atoms with van der Waals surface area (Å²) < 4.78 is 0. The van der Waals surface area contributed by atoms with Crippen molar-refractivity contribution in [2.24, 2.45) is 0 Å². The molecule has 0 aliphatic carbocycles. The van der Waals surface area contributed by atoms with Crippen LogP contribution < -0.4 is 0 Å². The number of aliphatic hydroxyl groups is 3. The van der Waals surface area contributed by atoms with Gasteiger partial charge < -0.3 is 15.3 Å². The van der Waals surface area contributed by atoms with E-state index in [9.17, 15) is 0 Å². The maximum absolute atomic E-state index is 8.86. The molecule has 0 saturated carbocycles. The van der Waals surface area contributed by atoms with Crippen molar-refractivity contribution < 1.29 is 15.3 Å². The molecule has 3 atom stereocenters. The molecule has 5 heteroatoms. The average molecular weight is 373 g/mol. The number of hydrogen-bond donors (Lipinski definition) is 3. The maximum atomic E-state index is 8.86. The smallest absolute Gasteiger partial charge is 0.109 e. The maximum Gasteiger partial charge on any atom is 0.109 e. The van der Waals surface area contributed by atoms with Crippen LogP contribution in [0.1, 0.15) is 99.3 Å². The van der Waals surface area contributed by atoms with Crippen LogP contribution in [0.15, 0.2) is 0 Å². The zero-order valence-electron chi connectivity index (χ0n) is 16.8. The molecule has 0 aliphatic rings. The van der Waals surface area contributed by atoms with Crippen LogP contribution in [0, 0.1) is 0 Å². The molecule has 0 aromatic rings. The van der Waals surface area contributed by atoms with Gasteiger partial charge in [0.05, 0.1) is 18.3 Å². The van der Waals surface area contributed by atoms with Crippen LogP contribution >= 0.6 is 11.1 Å². The van der Waals surface area contributed by atoms with Crippen molar-refractivity contribution in [1.82, 2.24) is 0 Å². The Kier molecular flexibility index (Phi) is 41.1. The second kappa shape index (κ2) is 30.3. The van der Waals surface area contributed by atoms with Gasteiger partial charge in [0.2, 0.25) is 0 Å². The Morgan fingerprint density at radius 1 is 0.565 bits per heavy atom. The Morgan fingerprint density at radius 2 is 0.739 bits per heavy atom. The molecule has 3 nitrogen and oxygen atoms in total. The minimum atomic E-state index is -0.0509. The SMILES string of the molecule is CCCC(O)CC.CCCC(O)CC.CCCC(O)CC.[SiH3]Cl. The van der Waals surface area contributed by atoms with Crippen molar-refractivity contribution in [1.29, 1.82) is 0 Å². The van der Waals surface area contributed by atoms with Gasteiger partial charge in [-0.25, -0.2) is 0 Å². The fraction of sp³-hybridized carbons (Fsp3) is 1.00. The molecular weight excluding hydrogens is 328 g/mol. The molecule has 0 heterocycles. The molecule has 0 bridgehead atoms. The van der Waals surface area contributed by atoms with Gasteiger partial charge in [0, 0.05) is 0 Å². The van der Waals surface area contributed by atoms with Gasteiger partial charge in [-0.05, 0) is 38.5 Å². The summed E-state index contributed by atoms with van der Waals surface area (Å²) in [4.78, 5) is 0. The van der Waals surface area contributed by atoms with E-state index in [-0.39, 0.29) is 18.3 Å². The Hall–Kier alpha value is 0.387. The van der Waals surface area contributed by atoms with E-state index in [0.29, 0.717) is 0 Å². The van der Waals surface area contributed by atoms with E-state index in [4.69, 9.17) is 26.4 Å². The molecule has 0 fully saturated rings. The first-order chi connectivity index (χ1) is 10.9.